The van der Waals surface area contributed by atoms with E-state index in [1.807, 2.05) is 0 Å². The molecule has 0 spiro atoms. The molecule has 0 atom stereocenters. The van der Waals surface area contributed by atoms with E-state index in [2.05, 4.69) is 4.98 Å². The van der Waals surface area contributed by atoms with Crippen molar-refractivity contribution in [2.45, 2.75) is 0 Å². The minimum atomic E-state index is -0.202. The van der Waals surface area contributed by atoms with Gasteiger partial charge in [-0.05, 0) is 24.3 Å². The van der Waals surface area contributed by atoms with Crippen molar-refractivity contribution in [2.75, 3.05) is 21.3 Å². The molecule has 2 aromatic rings. The fourth-order valence-corrected chi connectivity index (χ4v) is 1.82. The zero-order chi connectivity index (χ0) is 14.5. The van der Waals surface area contributed by atoms with Gasteiger partial charge in [0.25, 0.3) is 0 Å². The first-order valence-corrected chi connectivity index (χ1v) is 5.96. The lowest BCUT2D eigenvalue weighted by Gasteiger charge is -2.09. The van der Waals surface area contributed by atoms with Crippen LogP contribution in [0.2, 0.25) is 0 Å². The highest BCUT2D eigenvalue weighted by Gasteiger charge is 2.17. The van der Waals surface area contributed by atoms with Crippen molar-refractivity contribution in [2.24, 2.45) is 0 Å². The monoisotopic (exact) mass is 273 g/mol. The summed E-state index contributed by atoms with van der Waals surface area (Å²) in [7, 11) is 4.55. The second-order valence-corrected chi connectivity index (χ2v) is 3.99. The Bertz CT molecular complexity index is 603. The molecule has 1 aromatic heterocycles. The molecule has 104 valence electrons. The van der Waals surface area contributed by atoms with E-state index in [9.17, 15) is 4.79 Å². The number of methoxy groups -OCH3 is 3. The number of hydrogen-bond donors (Lipinski definition) is 0. The minimum absolute atomic E-state index is 0.202. The Labute approximate surface area is 117 Å². The molecule has 1 aromatic carbocycles. The number of aromatic nitrogens is 1. The van der Waals surface area contributed by atoms with Gasteiger partial charge >= 0.3 is 0 Å². The Morgan fingerprint density at radius 1 is 1.00 bits per heavy atom. The third-order valence-corrected chi connectivity index (χ3v) is 2.82. The van der Waals surface area contributed by atoms with Gasteiger partial charge in [0.1, 0.15) is 11.5 Å². The number of ether oxygens (including phenoxy) is 3. The van der Waals surface area contributed by atoms with E-state index in [0.29, 0.717) is 28.5 Å². The average Bonchev–Trinajstić information content (AvgIpc) is 2.53. The summed E-state index contributed by atoms with van der Waals surface area (Å²) in [5.74, 6) is 1.19. The predicted octanol–water partition coefficient (Wildman–Crippen LogP) is 2.34. The Hall–Kier alpha value is -2.56. The van der Waals surface area contributed by atoms with Gasteiger partial charge in [-0.15, -0.1) is 0 Å². The topological polar surface area (TPSA) is 57.7 Å². The van der Waals surface area contributed by atoms with Crippen molar-refractivity contribution in [1.82, 2.24) is 4.98 Å². The fraction of sp³-hybridized carbons (Fsp3) is 0.200. The van der Waals surface area contributed by atoms with E-state index in [-0.39, 0.29) is 5.78 Å². The number of carbonyl (C=O) groups is 1. The van der Waals surface area contributed by atoms with Crippen molar-refractivity contribution in [3.05, 3.63) is 47.7 Å². The zero-order valence-corrected chi connectivity index (χ0v) is 11.5. The third-order valence-electron chi connectivity index (χ3n) is 2.82. The summed E-state index contributed by atoms with van der Waals surface area (Å²) in [5.41, 5.74) is 0.845. The van der Waals surface area contributed by atoms with E-state index >= 15 is 0 Å². The van der Waals surface area contributed by atoms with Crippen LogP contribution < -0.4 is 14.2 Å². The van der Waals surface area contributed by atoms with Crippen LogP contribution in [0.25, 0.3) is 0 Å². The summed E-state index contributed by atoms with van der Waals surface area (Å²) in [6.45, 7) is 0. The smallest absolute Gasteiger partial charge is 0.224 e. The number of carbonyl (C=O) groups excluding carboxylic acids is 1. The normalized spacial score (nSPS) is 9.95. The van der Waals surface area contributed by atoms with Crippen molar-refractivity contribution in [3.63, 3.8) is 0 Å². The van der Waals surface area contributed by atoms with Crippen LogP contribution in [0.15, 0.2) is 36.5 Å². The van der Waals surface area contributed by atoms with Gasteiger partial charge in [-0.1, -0.05) is 0 Å². The van der Waals surface area contributed by atoms with E-state index in [1.165, 1.54) is 21.3 Å². The first-order valence-electron chi connectivity index (χ1n) is 5.96. The molecule has 2 rings (SSSR count). The maximum absolute atomic E-state index is 12.5. The second-order valence-electron chi connectivity index (χ2n) is 3.99. The standard InChI is InChI=1S/C15H15NO4/c1-18-11-7-10(8-12(9-11)19-2)14(17)13-5-4-6-16-15(13)20-3/h4-9H,1-3H3. The highest BCUT2D eigenvalue weighted by Crippen LogP contribution is 2.26. The predicted molar refractivity (Wildman–Crippen MR) is 73.8 cm³/mol. The molecule has 0 N–H and O–H groups in total. The van der Waals surface area contributed by atoms with Crippen LogP contribution in [0, 0.1) is 0 Å². The maximum atomic E-state index is 12.5. The summed E-state index contributed by atoms with van der Waals surface area (Å²) in [6, 6.07) is 8.36. The zero-order valence-electron chi connectivity index (χ0n) is 11.5. The van der Waals surface area contributed by atoms with E-state index < -0.39 is 0 Å². The van der Waals surface area contributed by atoms with Gasteiger partial charge in [-0.3, -0.25) is 4.79 Å². The highest BCUT2D eigenvalue weighted by atomic mass is 16.5. The van der Waals surface area contributed by atoms with Gasteiger partial charge in [0, 0.05) is 17.8 Å². The van der Waals surface area contributed by atoms with Gasteiger partial charge in [-0.25, -0.2) is 4.98 Å². The molecule has 0 aliphatic heterocycles. The molecule has 0 saturated carbocycles. The Morgan fingerprint density at radius 2 is 1.65 bits per heavy atom. The molecule has 20 heavy (non-hydrogen) atoms. The van der Waals surface area contributed by atoms with Crippen LogP contribution in [0.5, 0.6) is 17.4 Å². The number of benzene rings is 1. The van der Waals surface area contributed by atoms with Crippen LogP contribution in [-0.2, 0) is 0 Å². The molecular weight excluding hydrogens is 258 g/mol. The van der Waals surface area contributed by atoms with Gasteiger partial charge < -0.3 is 14.2 Å². The van der Waals surface area contributed by atoms with Gasteiger partial charge in [0.2, 0.25) is 5.88 Å². The Morgan fingerprint density at radius 3 is 2.20 bits per heavy atom. The average molecular weight is 273 g/mol. The number of ketones is 1. The van der Waals surface area contributed by atoms with Crippen molar-refractivity contribution in [1.29, 1.82) is 0 Å². The molecular formula is C15H15NO4. The first-order chi connectivity index (χ1) is 9.69. The molecule has 5 heteroatoms. The highest BCUT2D eigenvalue weighted by molar-refractivity contribution is 6.10. The lowest BCUT2D eigenvalue weighted by Crippen LogP contribution is -2.05. The van der Waals surface area contributed by atoms with Crippen LogP contribution in [0.3, 0.4) is 0 Å². The number of pyridine rings is 1. The third kappa shape index (κ3) is 2.71. The Balaban J connectivity index is 2.47. The first kappa shape index (κ1) is 13.9. The number of nitrogens with zero attached hydrogens (tertiary/aromatic N) is 1. The quantitative estimate of drug-likeness (QED) is 0.783. The van der Waals surface area contributed by atoms with Crippen molar-refractivity contribution < 1.29 is 19.0 Å². The molecule has 0 fully saturated rings. The molecule has 0 bridgehead atoms. The number of rotatable bonds is 5. The molecule has 0 unspecified atom stereocenters. The summed E-state index contributed by atoms with van der Waals surface area (Å²) >= 11 is 0. The summed E-state index contributed by atoms with van der Waals surface area (Å²) in [6.07, 6.45) is 1.57. The van der Waals surface area contributed by atoms with Gasteiger partial charge in [-0.2, -0.15) is 0 Å². The van der Waals surface area contributed by atoms with E-state index in [1.54, 1.807) is 36.5 Å². The number of hydrogen-bond acceptors (Lipinski definition) is 5. The van der Waals surface area contributed by atoms with Gasteiger partial charge in [0.15, 0.2) is 5.78 Å². The Kier molecular flexibility index (Phi) is 4.20. The maximum Gasteiger partial charge on any atom is 0.224 e. The molecule has 0 aliphatic rings. The summed E-state index contributed by atoms with van der Waals surface area (Å²) in [4.78, 5) is 16.6. The SMILES string of the molecule is COc1cc(OC)cc(C(=O)c2cccnc2OC)c1. The van der Waals surface area contributed by atoms with Crippen LogP contribution in [0.1, 0.15) is 15.9 Å². The lowest BCUT2D eigenvalue weighted by molar-refractivity contribution is 0.103. The largest absolute Gasteiger partial charge is 0.497 e. The molecule has 0 saturated heterocycles. The summed E-state index contributed by atoms with van der Waals surface area (Å²) < 4.78 is 15.4. The van der Waals surface area contributed by atoms with Crippen LogP contribution in [0.4, 0.5) is 0 Å². The summed E-state index contributed by atoms with van der Waals surface area (Å²) in [5, 5.41) is 0. The van der Waals surface area contributed by atoms with Crippen molar-refractivity contribution >= 4 is 5.78 Å². The molecule has 0 aliphatic carbocycles. The molecule has 0 radical (unpaired) electrons. The van der Waals surface area contributed by atoms with Crippen molar-refractivity contribution in [3.8, 4) is 17.4 Å². The van der Waals surface area contributed by atoms with Gasteiger partial charge in [0.05, 0.1) is 26.9 Å². The van der Waals surface area contributed by atoms with E-state index in [0.717, 1.165) is 0 Å². The van der Waals surface area contributed by atoms with Crippen LogP contribution >= 0.6 is 0 Å². The molecule has 0 amide bonds. The van der Waals surface area contributed by atoms with E-state index in [4.69, 9.17) is 14.2 Å². The second kappa shape index (κ2) is 6.06. The van der Waals surface area contributed by atoms with Crippen LogP contribution in [-0.4, -0.2) is 32.1 Å². The fourth-order valence-electron chi connectivity index (χ4n) is 1.82. The lowest BCUT2D eigenvalue weighted by atomic mass is 10.0. The minimum Gasteiger partial charge on any atom is -0.497 e. The molecule has 1 heterocycles. The molecule has 5 nitrogen and oxygen atoms in total.